The van der Waals surface area contributed by atoms with Gasteiger partial charge in [-0.2, -0.15) is 5.26 Å². The van der Waals surface area contributed by atoms with Crippen molar-refractivity contribution in [3.8, 4) is 6.07 Å². The molecule has 0 bridgehead atoms. The number of nitrogens with two attached hydrogens (primary N) is 1. The summed E-state index contributed by atoms with van der Waals surface area (Å²) in [5.41, 5.74) is 5.99. The lowest BCUT2D eigenvalue weighted by Crippen LogP contribution is -2.33. The number of nitriles is 1. The van der Waals surface area contributed by atoms with Crippen LogP contribution in [0, 0.1) is 25.2 Å². The summed E-state index contributed by atoms with van der Waals surface area (Å²) in [5, 5.41) is 9.49. The monoisotopic (exact) mass is 253 g/mol. The normalized spacial score (nSPS) is 14.3. The molecule has 0 saturated heterocycles. The van der Waals surface area contributed by atoms with Crippen LogP contribution in [0.15, 0.2) is 9.64 Å². The fourth-order valence-electron chi connectivity index (χ4n) is 1.31. The highest BCUT2D eigenvalue weighted by molar-refractivity contribution is 7.99. The van der Waals surface area contributed by atoms with Crippen LogP contribution in [0.4, 0.5) is 0 Å². The number of nitrogens with zero attached hydrogens (tertiary/aromatic N) is 2. The van der Waals surface area contributed by atoms with Gasteiger partial charge in [-0.1, -0.05) is 11.8 Å². The second-order valence-electron chi connectivity index (χ2n) is 4.46. The molecule has 1 unspecified atom stereocenters. The van der Waals surface area contributed by atoms with Crippen LogP contribution in [0.5, 0.6) is 0 Å². The van der Waals surface area contributed by atoms with Crippen molar-refractivity contribution < 1.29 is 4.42 Å². The van der Waals surface area contributed by atoms with Gasteiger partial charge < -0.3 is 10.2 Å². The van der Waals surface area contributed by atoms with E-state index in [1.165, 1.54) is 0 Å². The summed E-state index contributed by atoms with van der Waals surface area (Å²) in [6, 6.07) is 2.10. The Kier molecular flexibility index (Phi) is 5.03. The number of thioether (sulfide) groups is 1. The van der Waals surface area contributed by atoms with Gasteiger partial charge in [-0.25, -0.2) is 4.98 Å². The summed E-state index contributed by atoms with van der Waals surface area (Å²) in [4.78, 5) is 4.29. The Hall–Kier alpha value is -0.990. The van der Waals surface area contributed by atoms with Crippen molar-refractivity contribution in [1.82, 2.24) is 4.98 Å². The largest absolute Gasteiger partial charge is 0.437 e. The minimum absolute atomic E-state index is 0.694. The predicted octanol–water partition coefficient (Wildman–Crippen LogP) is 2.79. The standard InChI is InChI=1S/C12H19N3OS/c1-9-10(2)16-11(15-9)17-7-5-4-6-12(3,14)8-13/h4-7,14H2,1-3H3. The Morgan fingerprint density at radius 3 is 2.71 bits per heavy atom. The van der Waals surface area contributed by atoms with E-state index in [1.807, 2.05) is 13.8 Å². The molecule has 1 heterocycles. The number of rotatable bonds is 6. The number of hydrogen-bond acceptors (Lipinski definition) is 5. The zero-order chi connectivity index (χ0) is 12.9. The first-order valence-electron chi connectivity index (χ1n) is 5.71. The summed E-state index contributed by atoms with van der Waals surface area (Å²) in [6.07, 6.45) is 2.69. The average Bonchev–Trinajstić information content (AvgIpc) is 2.58. The van der Waals surface area contributed by atoms with Crippen molar-refractivity contribution in [1.29, 1.82) is 5.26 Å². The molecule has 0 spiro atoms. The van der Waals surface area contributed by atoms with Gasteiger partial charge in [-0.3, -0.25) is 0 Å². The van der Waals surface area contributed by atoms with Crippen LogP contribution in [0.2, 0.25) is 0 Å². The zero-order valence-electron chi connectivity index (χ0n) is 10.6. The Morgan fingerprint density at radius 2 is 2.18 bits per heavy atom. The van der Waals surface area contributed by atoms with Crippen LogP contribution in [-0.4, -0.2) is 16.3 Å². The maximum absolute atomic E-state index is 8.76. The van der Waals surface area contributed by atoms with E-state index in [9.17, 15) is 0 Å². The van der Waals surface area contributed by atoms with Crippen LogP contribution < -0.4 is 5.73 Å². The van der Waals surface area contributed by atoms with E-state index in [4.69, 9.17) is 15.4 Å². The molecule has 1 atom stereocenters. The average molecular weight is 253 g/mol. The quantitative estimate of drug-likeness (QED) is 0.623. The van der Waals surface area contributed by atoms with Crippen molar-refractivity contribution in [2.75, 3.05) is 5.75 Å². The minimum atomic E-state index is -0.694. The topological polar surface area (TPSA) is 75.8 Å². The molecule has 5 heteroatoms. The molecule has 0 aliphatic rings. The summed E-state index contributed by atoms with van der Waals surface area (Å²) < 4.78 is 5.46. The fraction of sp³-hybridized carbons (Fsp3) is 0.667. The van der Waals surface area contributed by atoms with Gasteiger partial charge in [-0.05, 0) is 40.0 Å². The highest BCUT2D eigenvalue weighted by Gasteiger charge is 2.16. The SMILES string of the molecule is Cc1nc(SCCCCC(C)(N)C#N)oc1C. The van der Waals surface area contributed by atoms with Crippen LogP contribution in [0.25, 0.3) is 0 Å². The molecule has 0 aliphatic carbocycles. The molecular formula is C12H19N3OS. The molecule has 1 aromatic heterocycles. The van der Waals surface area contributed by atoms with Crippen LogP contribution in [0.1, 0.15) is 37.6 Å². The molecule has 4 nitrogen and oxygen atoms in total. The van der Waals surface area contributed by atoms with Gasteiger partial charge in [0.2, 0.25) is 0 Å². The van der Waals surface area contributed by atoms with Crippen LogP contribution in [0.3, 0.4) is 0 Å². The maximum Gasteiger partial charge on any atom is 0.256 e. The van der Waals surface area contributed by atoms with E-state index in [0.29, 0.717) is 0 Å². The van der Waals surface area contributed by atoms with Gasteiger partial charge in [0.05, 0.1) is 11.8 Å². The van der Waals surface area contributed by atoms with E-state index in [1.54, 1.807) is 18.7 Å². The maximum atomic E-state index is 8.76. The van der Waals surface area contributed by atoms with Crippen molar-refractivity contribution in [3.63, 3.8) is 0 Å². The molecular weight excluding hydrogens is 234 g/mol. The summed E-state index contributed by atoms with van der Waals surface area (Å²) in [5.74, 6) is 1.83. The Bertz CT molecular complexity index is 387. The Labute approximate surface area is 107 Å². The van der Waals surface area contributed by atoms with Gasteiger partial charge in [-0.15, -0.1) is 0 Å². The first-order chi connectivity index (χ1) is 7.94. The van der Waals surface area contributed by atoms with E-state index < -0.39 is 5.54 Å². The molecule has 0 saturated carbocycles. The molecule has 17 heavy (non-hydrogen) atoms. The number of hydrogen-bond donors (Lipinski definition) is 1. The van der Waals surface area contributed by atoms with Gasteiger partial charge in [0.15, 0.2) is 0 Å². The van der Waals surface area contributed by atoms with E-state index >= 15 is 0 Å². The highest BCUT2D eigenvalue weighted by atomic mass is 32.2. The van der Waals surface area contributed by atoms with Gasteiger partial charge >= 0.3 is 0 Å². The third-order valence-corrected chi connectivity index (χ3v) is 3.49. The molecule has 0 radical (unpaired) electrons. The lowest BCUT2D eigenvalue weighted by Gasteiger charge is -2.13. The van der Waals surface area contributed by atoms with Crippen molar-refractivity contribution in [2.45, 2.75) is 50.8 Å². The molecule has 1 rings (SSSR count). The molecule has 0 amide bonds. The summed E-state index contributed by atoms with van der Waals surface area (Å²) in [6.45, 7) is 5.62. The minimum Gasteiger partial charge on any atom is -0.437 e. The molecule has 0 fully saturated rings. The first-order valence-corrected chi connectivity index (χ1v) is 6.70. The van der Waals surface area contributed by atoms with Gasteiger partial charge in [0, 0.05) is 5.75 Å². The fourth-order valence-corrected chi connectivity index (χ4v) is 2.22. The van der Waals surface area contributed by atoms with Crippen LogP contribution in [-0.2, 0) is 0 Å². The summed E-state index contributed by atoms with van der Waals surface area (Å²) in [7, 11) is 0. The molecule has 2 N–H and O–H groups in total. The van der Waals surface area contributed by atoms with Gasteiger partial charge in [0.25, 0.3) is 5.22 Å². The molecule has 0 aromatic carbocycles. The number of aromatic nitrogens is 1. The van der Waals surface area contributed by atoms with E-state index in [2.05, 4.69) is 11.1 Å². The van der Waals surface area contributed by atoms with Crippen molar-refractivity contribution in [2.24, 2.45) is 5.73 Å². The lowest BCUT2D eigenvalue weighted by atomic mass is 9.99. The number of oxazole rings is 1. The molecule has 94 valence electrons. The summed E-state index contributed by atoms with van der Waals surface area (Å²) >= 11 is 1.61. The second kappa shape index (κ2) is 6.08. The lowest BCUT2D eigenvalue weighted by molar-refractivity contribution is 0.431. The molecule has 1 aromatic rings. The first kappa shape index (κ1) is 14.1. The predicted molar refractivity (Wildman–Crippen MR) is 68.8 cm³/mol. The number of unbranched alkanes of at least 4 members (excludes halogenated alkanes) is 1. The van der Waals surface area contributed by atoms with Crippen molar-refractivity contribution >= 4 is 11.8 Å². The Morgan fingerprint density at radius 1 is 1.47 bits per heavy atom. The number of aryl methyl sites for hydroxylation is 2. The van der Waals surface area contributed by atoms with E-state index in [-0.39, 0.29) is 0 Å². The molecule has 0 aliphatic heterocycles. The third kappa shape index (κ3) is 4.80. The zero-order valence-corrected chi connectivity index (χ0v) is 11.4. The van der Waals surface area contributed by atoms with Crippen molar-refractivity contribution in [3.05, 3.63) is 11.5 Å². The third-order valence-electron chi connectivity index (χ3n) is 2.58. The second-order valence-corrected chi connectivity index (χ2v) is 5.50. The van der Waals surface area contributed by atoms with Gasteiger partial charge in [0.1, 0.15) is 11.3 Å². The highest BCUT2D eigenvalue weighted by Crippen LogP contribution is 2.22. The van der Waals surface area contributed by atoms with Crippen LogP contribution >= 0.6 is 11.8 Å². The Balaban J connectivity index is 2.19. The van der Waals surface area contributed by atoms with E-state index in [0.717, 1.165) is 41.7 Å². The smallest absolute Gasteiger partial charge is 0.256 e.